The van der Waals surface area contributed by atoms with E-state index in [-0.39, 0.29) is 18.3 Å². The summed E-state index contributed by atoms with van der Waals surface area (Å²) in [5.74, 6) is 0.618. The Morgan fingerprint density at radius 3 is 2.54 bits per heavy atom. The van der Waals surface area contributed by atoms with Crippen LogP contribution in [0.3, 0.4) is 0 Å². The molecule has 0 spiro atoms. The van der Waals surface area contributed by atoms with Crippen LogP contribution in [0.25, 0.3) is 5.57 Å². The molecule has 0 amide bonds. The van der Waals surface area contributed by atoms with E-state index in [1.165, 1.54) is 12.1 Å². The first-order valence-corrected chi connectivity index (χ1v) is 8.38. The van der Waals surface area contributed by atoms with Crippen LogP contribution >= 0.6 is 0 Å². The highest BCUT2D eigenvalue weighted by Crippen LogP contribution is 2.38. The normalized spacial score (nSPS) is 16.9. The van der Waals surface area contributed by atoms with Crippen LogP contribution in [-0.2, 0) is 10.9 Å². The van der Waals surface area contributed by atoms with E-state index in [2.05, 4.69) is 13.8 Å². The summed E-state index contributed by atoms with van der Waals surface area (Å²) in [6, 6.07) is 4.34. The van der Waals surface area contributed by atoms with Gasteiger partial charge in [0.05, 0.1) is 25.4 Å². The monoisotopic (exact) mass is 342 g/mol. The van der Waals surface area contributed by atoms with Crippen molar-refractivity contribution in [3.05, 3.63) is 35.4 Å². The molecule has 5 heteroatoms. The van der Waals surface area contributed by atoms with Gasteiger partial charge >= 0.3 is 6.18 Å². The molecule has 1 aliphatic heterocycles. The van der Waals surface area contributed by atoms with Gasteiger partial charge in [0.15, 0.2) is 0 Å². The largest absolute Gasteiger partial charge is 0.493 e. The van der Waals surface area contributed by atoms with E-state index >= 15 is 0 Å². The molecule has 2 nitrogen and oxygen atoms in total. The molecule has 0 saturated heterocycles. The molecular formula is C19H25F3O2. The molecule has 134 valence electrons. The van der Waals surface area contributed by atoms with Gasteiger partial charge in [-0.1, -0.05) is 32.9 Å². The van der Waals surface area contributed by atoms with Crippen LogP contribution in [0.2, 0.25) is 0 Å². The van der Waals surface area contributed by atoms with Gasteiger partial charge in [-0.05, 0) is 47.9 Å². The van der Waals surface area contributed by atoms with E-state index in [4.69, 9.17) is 9.47 Å². The fourth-order valence-corrected chi connectivity index (χ4v) is 2.97. The predicted octanol–water partition coefficient (Wildman–Crippen LogP) is 5.57. The Balaban J connectivity index is 2.20. The molecule has 1 aliphatic rings. The van der Waals surface area contributed by atoms with E-state index < -0.39 is 11.7 Å². The second-order valence-corrected chi connectivity index (χ2v) is 6.81. The summed E-state index contributed by atoms with van der Waals surface area (Å²) >= 11 is 0. The summed E-state index contributed by atoms with van der Waals surface area (Å²) in [6.45, 7) is 7.45. The average molecular weight is 342 g/mol. The third kappa shape index (κ3) is 5.26. The molecule has 24 heavy (non-hydrogen) atoms. The third-order valence-electron chi connectivity index (χ3n) is 4.02. The van der Waals surface area contributed by atoms with Crippen molar-refractivity contribution in [2.75, 3.05) is 19.8 Å². The highest BCUT2D eigenvalue weighted by atomic mass is 19.4. The Labute approximate surface area is 141 Å². The van der Waals surface area contributed by atoms with Crippen molar-refractivity contribution >= 4 is 5.57 Å². The van der Waals surface area contributed by atoms with Crippen molar-refractivity contribution < 1.29 is 22.6 Å². The fraction of sp³-hybridized carbons (Fsp3) is 0.579. The molecular weight excluding hydrogens is 317 g/mol. The van der Waals surface area contributed by atoms with Gasteiger partial charge in [0.1, 0.15) is 5.75 Å². The van der Waals surface area contributed by atoms with Gasteiger partial charge in [0.25, 0.3) is 0 Å². The molecule has 0 saturated carbocycles. The molecule has 2 rings (SSSR count). The molecule has 0 aromatic heterocycles. The Hall–Kier alpha value is -1.49. The second kappa shape index (κ2) is 8.06. The van der Waals surface area contributed by atoms with Crippen molar-refractivity contribution in [3.8, 4) is 5.75 Å². The number of halogens is 3. The number of benzene rings is 1. The van der Waals surface area contributed by atoms with Crippen molar-refractivity contribution in [3.63, 3.8) is 0 Å². The first kappa shape index (κ1) is 18.8. The summed E-state index contributed by atoms with van der Waals surface area (Å²) in [4.78, 5) is 0. The zero-order valence-corrected chi connectivity index (χ0v) is 14.5. The maximum Gasteiger partial charge on any atom is 0.419 e. The van der Waals surface area contributed by atoms with Gasteiger partial charge < -0.3 is 9.47 Å². The zero-order valence-electron chi connectivity index (χ0n) is 14.5. The second-order valence-electron chi connectivity index (χ2n) is 6.81. The van der Waals surface area contributed by atoms with Gasteiger partial charge in [-0.15, -0.1) is 0 Å². The molecule has 0 radical (unpaired) electrons. The molecule has 0 N–H and O–H groups in total. The number of alkyl halides is 3. The molecule has 1 aromatic rings. The van der Waals surface area contributed by atoms with Gasteiger partial charge in [-0.3, -0.25) is 0 Å². The smallest absolute Gasteiger partial charge is 0.419 e. The Morgan fingerprint density at radius 1 is 1.21 bits per heavy atom. The highest BCUT2D eigenvalue weighted by molar-refractivity contribution is 5.68. The summed E-state index contributed by atoms with van der Waals surface area (Å²) in [7, 11) is 0. The Kier molecular flexibility index (Phi) is 6.33. The van der Waals surface area contributed by atoms with E-state index in [0.717, 1.165) is 12.0 Å². The van der Waals surface area contributed by atoms with Gasteiger partial charge in [-0.2, -0.15) is 13.2 Å². The summed E-state index contributed by atoms with van der Waals surface area (Å²) in [5.41, 5.74) is 0.781. The van der Waals surface area contributed by atoms with Crippen LogP contribution in [-0.4, -0.2) is 19.8 Å². The lowest BCUT2D eigenvalue weighted by Gasteiger charge is -2.20. The minimum absolute atomic E-state index is 0.0884. The van der Waals surface area contributed by atoms with Crippen LogP contribution in [0.4, 0.5) is 13.2 Å². The molecule has 0 bridgehead atoms. The molecule has 0 fully saturated rings. The van der Waals surface area contributed by atoms with Crippen LogP contribution in [0.1, 0.15) is 44.7 Å². The SMILES string of the molecule is CC(C)C[C@@H](C)COc1ccc(C2=CCOCC2)cc1C(F)(F)F. The summed E-state index contributed by atoms with van der Waals surface area (Å²) in [5, 5.41) is 0. The zero-order chi connectivity index (χ0) is 17.7. The molecule has 1 atom stereocenters. The van der Waals surface area contributed by atoms with E-state index in [0.29, 0.717) is 31.1 Å². The maximum absolute atomic E-state index is 13.4. The van der Waals surface area contributed by atoms with Crippen molar-refractivity contribution in [1.82, 2.24) is 0 Å². The number of hydrogen-bond acceptors (Lipinski definition) is 2. The first-order valence-electron chi connectivity index (χ1n) is 8.38. The summed E-state index contributed by atoms with van der Waals surface area (Å²) in [6.07, 6.45) is -1.04. The number of hydrogen-bond donors (Lipinski definition) is 0. The van der Waals surface area contributed by atoms with Crippen LogP contribution in [0.5, 0.6) is 5.75 Å². The standard InChI is InChI=1S/C19H25F3O2/c1-13(2)10-14(3)12-24-18-5-4-16(11-17(18)19(20,21)22)15-6-8-23-9-7-15/h4-6,11,13-14H,7-10,12H2,1-3H3/t14-/m1/s1. The number of ether oxygens (including phenoxy) is 2. The number of rotatable bonds is 6. The quantitative estimate of drug-likeness (QED) is 0.673. The van der Waals surface area contributed by atoms with E-state index in [9.17, 15) is 13.2 Å². The van der Waals surface area contributed by atoms with Crippen molar-refractivity contribution in [1.29, 1.82) is 0 Å². The molecule has 1 heterocycles. The lowest BCUT2D eigenvalue weighted by atomic mass is 9.98. The average Bonchev–Trinajstić information content (AvgIpc) is 2.52. The van der Waals surface area contributed by atoms with Crippen LogP contribution in [0, 0.1) is 11.8 Å². The van der Waals surface area contributed by atoms with E-state index in [1.807, 2.05) is 13.0 Å². The Morgan fingerprint density at radius 2 is 1.96 bits per heavy atom. The van der Waals surface area contributed by atoms with Gasteiger partial charge in [0, 0.05) is 0 Å². The van der Waals surface area contributed by atoms with Gasteiger partial charge in [-0.25, -0.2) is 0 Å². The van der Waals surface area contributed by atoms with Crippen LogP contribution in [0.15, 0.2) is 24.3 Å². The van der Waals surface area contributed by atoms with Crippen LogP contribution < -0.4 is 4.74 Å². The fourth-order valence-electron chi connectivity index (χ4n) is 2.97. The lowest BCUT2D eigenvalue weighted by Crippen LogP contribution is -2.15. The highest BCUT2D eigenvalue weighted by Gasteiger charge is 2.35. The molecule has 1 aromatic carbocycles. The van der Waals surface area contributed by atoms with Crippen molar-refractivity contribution in [2.45, 2.75) is 39.8 Å². The minimum Gasteiger partial charge on any atom is -0.493 e. The lowest BCUT2D eigenvalue weighted by molar-refractivity contribution is -0.139. The van der Waals surface area contributed by atoms with Crippen molar-refractivity contribution in [2.24, 2.45) is 11.8 Å². The molecule has 0 aliphatic carbocycles. The predicted molar refractivity (Wildman–Crippen MR) is 89.0 cm³/mol. The molecule has 0 unspecified atom stereocenters. The minimum atomic E-state index is -4.43. The third-order valence-corrected chi connectivity index (χ3v) is 4.02. The Bertz CT molecular complexity index is 576. The van der Waals surface area contributed by atoms with E-state index in [1.54, 1.807) is 6.07 Å². The first-order chi connectivity index (χ1) is 11.3. The van der Waals surface area contributed by atoms with Gasteiger partial charge in [0.2, 0.25) is 0 Å². The topological polar surface area (TPSA) is 18.5 Å². The summed E-state index contributed by atoms with van der Waals surface area (Å²) < 4.78 is 50.9. The maximum atomic E-state index is 13.4.